The predicted octanol–water partition coefficient (Wildman–Crippen LogP) is 3.97. The van der Waals surface area contributed by atoms with Crippen LogP contribution in [0.15, 0.2) is 0 Å². The van der Waals surface area contributed by atoms with Crippen LogP contribution in [0.1, 0.15) is 83.5 Å². The van der Waals surface area contributed by atoms with Gasteiger partial charge in [0.2, 0.25) is 0 Å². The Kier molecular flexibility index (Phi) is 4.72. The molecular weight excluding hydrogens is 244 g/mol. The van der Waals surface area contributed by atoms with Gasteiger partial charge in [0.05, 0.1) is 0 Å². The van der Waals surface area contributed by atoms with Gasteiger partial charge < -0.3 is 11.5 Å². The van der Waals surface area contributed by atoms with Crippen molar-refractivity contribution < 1.29 is 0 Å². The topological polar surface area (TPSA) is 52.0 Å². The molecule has 0 saturated heterocycles. The highest BCUT2D eigenvalue weighted by molar-refractivity contribution is 5.06. The number of rotatable bonds is 2. The summed E-state index contributed by atoms with van der Waals surface area (Å²) in [4.78, 5) is 0. The number of hydrogen-bond acceptors (Lipinski definition) is 2. The summed E-state index contributed by atoms with van der Waals surface area (Å²) in [5.41, 5.74) is 13.8. The molecule has 3 aliphatic rings. The Hall–Kier alpha value is -0.0800. The van der Waals surface area contributed by atoms with Crippen molar-refractivity contribution in [1.29, 1.82) is 0 Å². The smallest absolute Gasteiger partial charge is 0.0229 e. The highest BCUT2D eigenvalue weighted by Crippen LogP contribution is 2.48. The first kappa shape index (κ1) is 14.8. The van der Waals surface area contributed by atoms with Gasteiger partial charge in [0.25, 0.3) is 0 Å². The van der Waals surface area contributed by atoms with Gasteiger partial charge >= 0.3 is 0 Å². The molecule has 3 aliphatic carbocycles. The SMILES string of the molecule is NC1CCCC(N)(C2CCCCC2)C1C1CCCCC1. The second kappa shape index (κ2) is 6.36. The first-order chi connectivity index (χ1) is 9.72. The highest BCUT2D eigenvalue weighted by atomic mass is 14.9. The lowest BCUT2D eigenvalue weighted by atomic mass is 9.56. The third-order valence-corrected chi connectivity index (χ3v) is 6.75. The summed E-state index contributed by atoms with van der Waals surface area (Å²) in [6.45, 7) is 0. The zero-order chi connectivity index (χ0) is 14.0. The molecule has 0 spiro atoms. The van der Waals surface area contributed by atoms with E-state index in [1.807, 2.05) is 0 Å². The van der Waals surface area contributed by atoms with E-state index in [9.17, 15) is 0 Å². The molecule has 3 unspecified atom stereocenters. The molecule has 3 saturated carbocycles. The van der Waals surface area contributed by atoms with E-state index >= 15 is 0 Å². The minimum atomic E-state index is 0.0695. The zero-order valence-electron chi connectivity index (χ0n) is 13.2. The molecule has 0 aliphatic heterocycles. The molecule has 0 aromatic carbocycles. The van der Waals surface area contributed by atoms with Gasteiger partial charge in [-0.1, -0.05) is 57.8 Å². The van der Waals surface area contributed by atoms with Gasteiger partial charge in [-0.3, -0.25) is 0 Å². The van der Waals surface area contributed by atoms with Gasteiger partial charge in [-0.25, -0.2) is 0 Å². The van der Waals surface area contributed by atoms with Crippen molar-refractivity contribution in [2.24, 2.45) is 29.2 Å². The third kappa shape index (κ3) is 2.78. The lowest BCUT2D eigenvalue weighted by Gasteiger charge is -2.54. The summed E-state index contributed by atoms with van der Waals surface area (Å²) in [5.74, 6) is 2.19. The van der Waals surface area contributed by atoms with E-state index in [-0.39, 0.29) is 5.54 Å². The molecule has 2 nitrogen and oxygen atoms in total. The minimum Gasteiger partial charge on any atom is -0.327 e. The summed E-state index contributed by atoms with van der Waals surface area (Å²) in [7, 11) is 0. The van der Waals surface area contributed by atoms with E-state index in [1.54, 1.807) is 0 Å². The van der Waals surface area contributed by atoms with Crippen LogP contribution in [0.2, 0.25) is 0 Å². The average Bonchev–Trinajstić information content (AvgIpc) is 2.49. The quantitative estimate of drug-likeness (QED) is 0.803. The molecule has 3 rings (SSSR count). The second-order valence-electron chi connectivity index (χ2n) is 7.93. The molecule has 20 heavy (non-hydrogen) atoms. The molecule has 2 heteroatoms. The summed E-state index contributed by atoms with van der Waals surface area (Å²) >= 11 is 0. The van der Waals surface area contributed by atoms with Crippen molar-refractivity contribution in [3.63, 3.8) is 0 Å². The average molecular weight is 278 g/mol. The van der Waals surface area contributed by atoms with E-state index in [4.69, 9.17) is 11.5 Å². The predicted molar refractivity (Wildman–Crippen MR) is 85.4 cm³/mol. The van der Waals surface area contributed by atoms with E-state index in [1.165, 1.54) is 83.5 Å². The largest absolute Gasteiger partial charge is 0.327 e. The summed E-state index contributed by atoms with van der Waals surface area (Å²) in [5, 5.41) is 0. The van der Waals surface area contributed by atoms with Crippen LogP contribution in [0, 0.1) is 17.8 Å². The van der Waals surface area contributed by atoms with Crippen LogP contribution < -0.4 is 11.5 Å². The molecule has 0 heterocycles. The third-order valence-electron chi connectivity index (χ3n) is 6.75. The molecule has 0 bridgehead atoms. The fourth-order valence-corrected chi connectivity index (χ4v) is 5.79. The van der Waals surface area contributed by atoms with Gasteiger partial charge in [-0.2, -0.15) is 0 Å². The van der Waals surface area contributed by atoms with Crippen LogP contribution in [-0.2, 0) is 0 Å². The normalized spacial score (nSPS) is 41.7. The Morgan fingerprint density at radius 1 is 0.700 bits per heavy atom. The van der Waals surface area contributed by atoms with Crippen molar-refractivity contribution >= 4 is 0 Å². The Morgan fingerprint density at radius 3 is 1.95 bits per heavy atom. The standard InChI is InChI=1S/C18H34N2/c19-16-12-7-13-18(20,15-10-5-2-6-11-15)17(16)14-8-3-1-4-9-14/h14-17H,1-13,19-20H2. The Bertz CT molecular complexity index is 305. The van der Waals surface area contributed by atoms with Crippen LogP contribution in [0.4, 0.5) is 0 Å². The van der Waals surface area contributed by atoms with Crippen LogP contribution in [0.25, 0.3) is 0 Å². The first-order valence-electron chi connectivity index (χ1n) is 9.26. The van der Waals surface area contributed by atoms with Crippen molar-refractivity contribution in [2.75, 3.05) is 0 Å². The second-order valence-corrected chi connectivity index (χ2v) is 7.93. The van der Waals surface area contributed by atoms with E-state index in [0.717, 1.165) is 11.8 Å². The maximum Gasteiger partial charge on any atom is 0.0229 e. The maximum absolute atomic E-state index is 7.12. The fraction of sp³-hybridized carbons (Fsp3) is 1.00. The molecule has 0 aromatic rings. The van der Waals surface area contributed by atoms with Crippen LogP contribution in [-0.4, -0.2) is 11.6 Å². The van der Waals surface area contributed by atoms with Gasteiger partial charge in [0, 0.05) is 11.6 Å². The first-order valence-corrected chi connectivity index (χ1v) is 9.26. The molecule has 116 valence electrons. The van der Waals surface area contributed by atoms with Crippen LogP contribution in [0.5, 0.6) is 0 Å². The Labute approximate surface area is 125 Å². The van der Waals surface area contributed by atoms with Crippen molar-refractivity contribution in [3.8, 4) is 0 Å². The van der Waals surface area contributed by atoms with Gasteiger partial charge in [0.15, 0.2) is 0 Å². The molecule has 0 amide bonds. The molecule has 4 N–H and O–H groups in total. The molecule has 0 aromatic heterocycles. The van der Waals surface area contributed by atoms with Crippen LogP contribution in [0.3, 0.4) is 0 Å². The number of hydrogen-bond donors (Lipinski definition) is 2. The molecule has 3 fully saturated rings. The highest BCUT2D eigenvalue weighted by Gasteiger charge is 2.49. The monoisotopic (exact) mass is 278 g/mol. The lowest BCUT2D eigenvalue weighted by Crippen LogP contribution is -2.63. The molecular formula is C18H34N2. The molecule has 3 atom stereocenters. The minimum absolute atomic E-state index is 0.0695. The summed E-state index contributed by atoms with van der Waals surface area (Å²) in [6, 6.07) is 0.374. The van der Waals surface area contributed by atoms with E-state index in [0.29, 0.717) is 12.0 Å². The van der Waals surface area contributed by atoms with Gasteiger partial charge in [-0.15, -0.1) is 0 Å². The van der Waals surface area contributed by atoms with E-state index in [2.05, 4.69) is 0 Å². The van der Waals surface area contributed by atoms with Crippen molar-refractivity contribution in [1.82, 2.24) is 0 Å². The maximum atomic E-state index is 7.12. The molecule has 0 radical (unpaired) electrons. The summed E-state index contributed by atoms with van der Waals surface area (Å²) < 4.78 is 0. The zero-order valence-corrected chi connectivity index (χ0v) is 13.2. The Morgan fingerprint density at radius 2 is 1.30 bits per heavy atom. The lowest BCUT2D eigenvalue weighted by molar-refractivity contribution is 0.0249. The van der Waals surface area contributed by atoms with Crippen LogP contribution >= 0.6 is 0 Å². The fourth-order valence-electron chi connectivity index (χ4n) is 5.79. The van der Waals surface area contributed by atoms with Gasteiger partial charge in [-0.05, 0) is 43.4 Å². The Balaban J connectivity index is 1.80. The van der Waals surface area contributed by atoms with Crippen molar-refractivity contribution in [3.05, 3.63) is 0 Å². The van der Waals surface area contributed by atoms with Gasteiger partial charge in [0.1, 0.15) is 0 Å². The summed E-state index contributed by atoms with van der Waals surface area (Å²) in [6.07, 6.45) is 17.7. The van der Waals surface area contributed by atoms with E-state index < -0.39 is 0 Å². The van der Waals surface area contributed by atoms with Crippen molar-refractivity contribution in [2.45, 2.75) is 95.1 Å². The number of nitrogens with two attached hydrogens (primary N) is 2.